The first-order valence-corrected chi connectivity index (χ1v) is 12.2. The van der Waals surface area contributed by atoms with Crippen molar-refractivity contribution in [1.29, 1.82) is 0 Å². The molecule has 0 amide bonds. The predicted octanol–water partition coefficient (Wildman–Crippen LogP) is 4.26. The molecule has 9 nitrogen and oxygen atoms in total. The molecule has 5 aromatic rings. The molecule has 0 spiro atoms. The minimum Gasteiger partial charge on any atom is -0.287 e. The summed E-state index contributed by atoms with van der Waals surface area (Å²) in [4.78, 5) is 38.8. The fourth-order valence-electron chi connectivity index (χ4n) is 4.49. The highest BCUT2D eigenvalue weighted by Gasteiger charge is 2.29. The highest BCUT2D eigenvalue weighted by molar-refractivity contribution is 5.68. The third kappa shape index (κ3) is 5.08. The lowest BCUT2D eigenvalue weighted by Crippen LogP contribution is -2.42. The second-order valence-corrected chi connectivity index (χ2v) is 8.83. The number of rotatable bonds is 9. The summed E-state index contributed by atoms with van der Waals surface area (Å²) in [6, 6.07) is 28.2. The van der Waals surface area contributed by atoms with E-state index in [1.807, 2.05) is 91.0 Å². The first-order chi connectivity index (χ1) is 18.5. The molecule has 0 aliphatic carbocycles. The fourth-order valence-corrected chi connectivity index (χ4v) is 4.49. The zero-order valence-corrected chi connectivity index (χ0v) is 20.5. The molecule has 0 bridgehead atoms. The van der Waals surface area contributed by atoms with E-state index in [4.69, 9.17) is 0 Å². The minimum absolute atomic E-state index is 0.0252. The number of nitro groups is 1. The van der Waals surface area contributed by atoms with E-state index in [1.54, 1.807) is 10.9 Å². The van der Waals surface area contributed by atoms with Crippen molar-refractivity contribution in [3.8, 4) is 16.9 Å². The van der Waals surface area contributed by atoms with Crippen molar-refractivity contribution in [2.24, 2.45) is 0 Å². The topological polar surface area (TPSA) is 105 Å². The molecule has 0 fully saturated rings. The summed E-state index contributed by atoms with van der Waals surface area (Å²) in [7, 11) is 0. The maximum absolute atomic E-state index is 13.8. The molecule has 0 N–H and O–H groups in total. The van der Waals surface area contributed by atoms with Gasteiger partial charge >= 0.3 is 16.9 Å². The maximum atomic E-state index is 13.8. The van der Waals surface area contributed by atoms with Gasteiger partial charge < -0.3 is 0 Å². The van der Waals surface area contributed by atoms with Crippen LogP contribution in [0.5, 0.6) is 0 Å². The Morgan fingerprint density at radius 3 is 1.82 bits per heavy atom. The normalized spacial score (nSPS) is 10.9. The molecular formula is C29H25N5O4. The highest BCUT2D eigenvalue weighted by Crippen LogP contribution is 2.27. The van der Waals surface area contributed by atoms with Gasteiger partial charge in [-0.2, -0.15) is 5.10 Å². The summed E-state index contributed by atoms with van der Waals surface area (Å²) in [5, 5.41) is 16.7. The van der Waals surface area contributed by atoms with Gasteiger partial charge in [0.1, 0.15) is 5.69 Å². The van der Waals surface area contributed by atoms with Crippen LogP contribution in [-0.4, -0.2) is 23.8 Å². The van der Waals surface area contributed by atoms with Crippen molar-refractivity contribution in [2.45, 2.75) is 25.9 Å². The Morgan fingerprint density at radius 2 is 1.26 bits per heavy atom. The lowest BCUT2D eigenvalue weighted by molar-refractivity contribution is -0.386. The quantitative estimate of drug-likeness (QED) is 0.219. The molecule has 2 heterocycles. The number of benzene rings is 3. The summed E-state index contributed by atoms with van der Waals surface area (Å²) in [5.41, 5.74) is 0.760. The SMILES string of the molecule is O=c1c([N+](=O)[O-])c(-c2cnn(-c3ccccc3)c2)n(CCc2ccccc2)c(=O)n1CCc1ccccc1. The molecule has 5 rings (SSSR count). The number of nitrogens with zero attached hydrogens (tertiary/aromatic N) is 5. The third-order valence-corrected chi connectivity index (χ3v) is 6.40. The number of para-hydroxylation sites is 1. The van der Waals surface area contributed by atoms with Crippen LogP contribution in [0.2, 0.25) is 0 Å². The Labute approximate surface area is 218 Å². The van der Waals surface area contributed by atoms with E-state index in [2.05, 4.69) is 5.10 Å². The van der Waals surface area contributed by atoms with Gasteiger partial charge in [-0.3, -0.25) is 24.0 Å². The van der Waals surface area contributed by atoms with Gasteiger partial charge in [0.2, 0.25) is 0 Å². The van der Waals surface area contributed by atoms with E-state index in [1.165, 1.54) is 10.8 Å². The van der Waals surface area contributed by atoms with E-state index < -0.39 is 21.9 Å². The molecule has 0 aliphatic rings. The summed E-state index contributed by atoms with van der Waals surface area (Å²) in [6.45, 7) is 0.179. The molecule has 38 heavy (non-hydrogen) atoms. The Balaban J connectivity index is 1.65. The average Bonchev–Trinajstić information content (AvgIpc) is 3.44. The first kappa shape index (κ1) is 24.6. The molecule has 190 valence electrons. The molecule has 0 radical (unpaired) electrons. The molecule has 0 saturated carbocycles. The van der Waals surface area contributed by atoms with Gasteiger partial charge in [0.15, 0.2) is 0 Å². The molecule has 9 heteroatoms. The molecular weight excluding hydrogens is 482 g/mol. The summed E-state index contributed by atoms with van der Waals surface area (Å²) in [6.07, 6.45) is 3.89. The van der Waals surface area contributed by atoms with Crippen molar-refractivity contribution < 1.29 is 4.92 Å². The van der Waals surface area contributed by atoms with Crippen LogP contribution in [0.1, 0.15) is 11.1 Å². The van der Waals surface area contributed by atoms with Crippen LogP contribution >= 0.6 is 0 Å². The van der Waals surface area contributed by atoms with Gasteiger partial charge in [-0.05, 0) is 36.1 Å². The van der Waals surface area contributed by atoms with Crippen molar-refractivity contribution in [3.63, 3.8) is 0 Å². The van der Waals surface area contributed by atoms with Crippen LogP contribution in [0.25, 0.3) is 16.9 Å². The molecule has 0 unspecified atom stereocenters. The number of hydrogen-bond acceptors (Lipinski definition) is 5. The summed E-state index contributed by atoms with van der Waals surface area (Å²) in [5.74, 6) is 0. The number of aryl methyl sites for hydroxylation is 2. The van der Waals surface area contributed by atoms with Gasteiger partial charge in [0.25, 0.3) is 0 Å². The van der Waals surface area contributed by atoms with E-state index in [0.29, 0.717) is 18.4 Å². The monoisotopic (exact) mass is 507 g/mol. The van der Waals surface area contributed by atoms with Crippen LogP contribution < -0.4 is 11.2 Å². The lowest BCUT2D eigenvalue weighted by Gasteiger charge is -2.15. The molecule has 2 aromatic heterocycles. The molecule has 0 aliphatic heterocycles. The van der Waals surface area contributed by atoms with Crippen LogP contribution in [0.3, 0.4) is 0 Å². The fraction of sp³-hybridized carbons (Fsp3) is 0.138. The molecule has 0 atom stereocenters. The van der Waals surface area contributed by atoms with E-state index in [0.717, 1.165) is 21.4 Å². The number of aromatic nitrogens is 4. The Kier molecular flexibility index (Phi) is 7.08. The van der Waals surface area contributed by atoms with Crippen molar-refractivity contribution >= 4 is 5.69 Å². The van der Waals surface area contributed by atoms with E-state index in [9.17, 15) is 19.7 Å². The Bertz CT molecular complexity index is 1670. The van der Waals surface area contributed by atoms with Gasteiger partial charge in [-0.25, -0.2) is 9.48 Å². The zero-order chi connectivity index (χ0) is 26.5. The first-order valence-electron chi connectivity index (χ1n) is 12.2. The smallest absolute Gasteiger partial charge is 0.287 e. The van der Waals surface area contributed by atoms with Crippen molar-refractivity contribution in [1.82, 2.24) is 18.9 Å². The standard InChI is InChI=1S/C29H25N5O4/c35-28-27(34(37)38)26(24-20-30-33(21-24)25-14-8-3-9-15-25)31(18-16-22-10-4-1-5-11-22)29(36)32(28)19-17-23-12-6-2-7-13-23/h1-15,20-21H,16-19H2. The largest absolute Gasteiger partial charge is 0.358 e. The van der Waals surface area contributed by atoms with E-state index in [-0.39, 0.29) is 18.8 Å². The minimum atomic E-state index is -0.922. The zero-order valence-electron chi connectivity index (χ0n) is 20.5. The number of hydrogen-bond donors (Lipinski definition) is 0. The Hall–Kier alpha value is -5.05. The molecule has 0 saturated heterocycles. The van der Waals surface area contributed by atoms with Crippen LogP contribution in [0.4, 0.5) is 5.69 Å². The van der Waals surface area contributed by atoms with Gasteiger partial charge in [-0.15, -0.1) is 0 Å². The van der Waals surface area contributed by atoms with Crippen LogP contribution in [-0.2, 0) is 25.9 Å². The second-order valence-electron chi connectivity index (χ2n) is 8.83. The van der Waals surface area contributed by atoms with Crippen molar-refractivity contribution in [3.05, 3.63) is 145 Å². The Morgan fingerprint density at radius 1 is 0.737 bits per heavy atom. The third-order valence-electron chi connectivity index (χ3n) is 6.40. The average molecular weight is 508 g/mol. The van der Waals surface area contributed by atoms with Crippen molar-refractivity contribution in [2.75, 3.05) is 0 Å². The van der Waals surface area contributed by atoms with Crippen LogP contribution in [0.15, 0.2) is 113 Å². The second kappa shape index (κ2) is 10.9. The van der Waals surface area contributed by atoms with Gasteiger partial charge in [0.05, 0.1) is 16.8 Å². The lowest BCUT2D eigenvalue weighted by atomic mass is 10.1. The predicted molar refractivity (Wildman–Crippen MR) is 144 cm³/mol. The van der Waals surface area contributed by atoms with Crippen LogP contribution in [0, 0.1) is 10.1 Å². The summed E-state index contributed by atoms with van der Waals surface area (Å²) < 4.78 is 3.87. The van der Waals surface area contributed by atoms with Gasteiger partial charge in [-0.1, -0.05) is 78.9 Å². The maximum Gasteiger partial charge on any atom is 0.358 e. The summed E-state index contributed by atoms with van der Waals surface area (Å²) >= 11 is 0. The van der Waals surface area contributed by atoms with E-state index >= 15 is 0 Å². The van der Waals surface area contributed by atoms with Gasteiger partial charge in [0, 0.05) is 24.8 Å². The highest BCUT2D eigenvalue weighted by atomic mass is 16.6. The molecule has 3 aromatic carbocycles.